The molecule has 1 heterocycles. The van der Waals surface area contributed by atoms with E-state index in [1.165, 1.54) is 17.7 Å². The van der Waals surface area contributed by atoms with Crippen LogP contribution in [0.2, 0.25) is 0 Å². The molecule has 0 bridgehead atoms. The van der Waals surface area contributed by atoms with E-state index in [2.05, 4.69) is 41.4 Å². The minimum absolute atomic E-state index is 0.476. The van der Waals surface area contributed by atoms with Crippen LogP contribution in [0.15, 0.2) is 24.3 Å². The number of hydrogen-bond acceptors (Lipinski definition) is 3. The largest absolute Gasteiger partial charge is 0.390 e. The quantitative estimate of drug-likeness (QED) is 0.838. The highest BCUT2D eigenvalue weighted by Gasteiger charge is 2.25. The summed E-state index contributed by atoms with van der Waals surface area (Å²) in [6.45, 7) is 9.03. The van der Waals surface area contributed by atoms with Crippen LogP contribution in [-0.4, -0.2) is 30.3 Å². The fourth-order valence-corrected chi connectivity index (χ4v) is 2.80. The fourth-order valence-electron chi connectivity index (χ4n) is 2.80. The molecule has 0 aromatic heterocycles. The van der Waals surface area contributed by atoms with E-state index in [9.17, 15) is 5.11 Å². The van der Waals surface area contributed by atoms with E-state index >= 15 is 0 Å². The van der Waals surface area contributed by atoms with Gasteiger partial charge in [0.2, 0.25) is 0 Å². The van der Waals surface area contributed by atoms with E-state index in [1.54, 1.807) is 0 Å². The van der Waals surface area contributed by atoms with Crippen molar-refractivity contribution in [3.8, 4) is 0 Å². The minimum Gasteiger partial charge on any atom is -0.390 e. The van der Waals surface area contributed by atoms with Crippen molar-refractivity contribution in [1.82, 2.24) is 5.32 Å². The number of nitrogens with zero attached hydrogens (tertiary/aromatic N) is 1. The van der Waals surface area contributed by atoms with Gasteiger partial charge >= 0.3 is 0 Å². The van der Waals surface area contributed by atoms with Gasteiger partial charge in [-0.05, 0) is 51.3 Å². The molecule has 1 unspecified atom stereocenters. The number of aliphatic hydroxyl groups is 1. The summed E-state index contributed by atoms with van der Waals surface area (Å²) in [6.07, 6.45) is 3.11. The highest BCUT2D eigenvalue weighted by Crippen LogP contribution is 2.34. The van der Waals surface area contributed by atoms with Gasteiger partial charge in [-0.1, -0.05) is 25.1 Å². The van der Waals surface area contributed by atoms with E-state index in [-0.39, 0.29) is 0 Å². The Labute approximate surface area is 123 Å². The molecule has 0 saturated carbocycles. The summed E-state index contributed by atoms with van der Waals surface area (Å²) in [4.78, 5) is 2.41. The first-order valence-corrected chi connectivity index (χ1v) is 7.81. The van der Waals surface area contributed by atoms with Crippen LogP contribution in [0.3, 0.4) is 0 Å². The van der Waals surface area contributed by atoms with Gasteiger partial charge in [-0.2, -0.15) is 0 Å². The van der Waals surface area contributed by atoms with Gasteiger partial charge in [0.1, 0.15) is 0 Å². The number of fused-ring (bicyclic) bond motifs is 1. The molecule has 0 spiro atoms. The molecule has 1 aliphatic rings. The molecular weight excluding hydrogens is 248 g/mol. The Morgan fingerprint density at radius 3 is 2.80 bits per heavy atom. The first-order chi connectivity index (χ1) is 9.51. The van der Waals surface area contributed by atoms with Crippen molar-refractivity contribution in [2.75, 3.05) is 24.5 Å². The van der Waals surface area contributed by atoms with Crippen LogP contribution in [0, 0.1) is 0 Å². The van der Waals surface area contributed by atoms with Crippen LogP contribution in [0.25, 0.3) is 0 Å². The maximum Gasteiger partial charge on any atom is 0.0608 e. The average Bonchev–Trinajstić information content (AvgIpc) is 2.42. The molecule has 2 rings (SSSR count). The van der Waals surface area contributed by atoms with Gasteiger partial charge in [-0.15, -0.1) is 0 Å². The first kappa shape index (κ1) is 15.3. The lowest BCUT2D eigenvalue weighted by molar-refractivity contribution is 0.0729. The lowest BCUT2D eigenvalue weighted by atomic mass is 9.95. The predicted octanol–water partition coefficient (Wildman–Crippen LogP) is 3.10. The van der Waals surface area contributed by atoms with E-state index in [1.807, 2.05) is 13.8 Å². The first-order valence-electron chi connectivity index (χ1n) is 7.81. The van der Waals surface area contributed by atoms with Gasteiger partial charge in [0, 0.05) is 24.8 Å². The topological polar surface area (TPSA) is 35.5 Å². The van der Waals surface area contributed by atoms with Crippen molar-refractivity contribution in [2.45, 2.75) is 51.7 Å². The number of anilines is 1. The van der Waals surface area contributed by atoms with Crippen molar-refractivity contribution >= 4 is 5.69 Å². The summed E-state index contributed by atoms with van der Waals surface area (Å²) < 4.78 is 0. The Hall–Kier alpha value is -1.06. The smallest absolute Gasteiger partial charge is 0.0608 e. The summed E-state index contributed by atoms with van der Waals surface area (Å²) in [5, 5.41) is 13.6. The van der Waals surface area contributed by atoms with Crippen LogP contribution in [0.5, 0.6) is 0 Å². The molecular formula is C17H28N2O. The van der Waals surface area contributed by atoms with E-state index in [0.29, 0.717) is 6.04 Å². The molecule has 3 heteroatoms. The number of hydrogen-bond donors (Lipinski definition) is 2. The van der Waals surface area contributed by atoms with E-state index in [4.69, 9.17) is 0 Å². The molecule has 1 atom stereocenters. The Morgan fingerprint density at radius 2 is 2.10 bits per heavy atom. The SMILES string of the molecule is CCCNC1CCN(CCC(C)(C)O)c2ccccc21. The Balaban J connectivity index is 2.10. The van der Waals surface area contributed by atoms with Gasteiger partial charge in [0.25, 0.3) is 0 Å². The van der Waals surface area contributed by atoms with Crippen LogP contribution in [0.4, 0.5) is 5.69 Å². The third kappa shape index (κ3) is 3.97. The van der Waals surface area contributed by atoms with Gasteiger partial charge in [-0.3, -0.25) is 0 Å². The molecule has 1 aromatic rings. The highest BCUT2D eigenvalue weighted by atomic mass is 16.3. The van der Waals surface area contributed by atoms with Crippen molar-refractivity contribution < 1.29 is 5.11 Å². The second kappa shape index (κ2) is 6.59. The van der Waals surface area contributed by atoms with Crippen molar-refractivity contribution in [3.63, 3.8) is 0 Å². The Bertz CT molecular complexity index is 425. The lowest BCUT2D eigenvalue weighted by Gasteiger charge is -2.37. The summed E-state index contributed by atoms with van der Waals surface area (Å²) in [6, 6.07) is 9.15. The molecule has 0 radical (unpaired) electrons. The van der Waals surface area contributed by atoms with Crippen LogP contribution < -0.4 is 10.2 Å². The molecule has 112 valence electrons. The third-order valence-electron chi connectivity index (χ3n) is 3.97. The molecule has 0 aliphatic carbocycles. The zero-order valence-electron chi connectivity index (χ0n) is 13.0. The average molecular weight is 276 g/mol. The molecule has 0 saturated heterocycles. The number of benzene rings is 1. The van der Waals surface area contributed by atoms with E-state index < -0.39 is 5.60 Å². The predicted molar refractivity (Wildman–Crippen MR) is 85.2 cm³/mol. The zero-order chi connectivity index (χ0) is 14.6. The molecule has 0 amide bonds. The molecule has 2 N–H and O–H groups in total. The minimum atomic E-state index is -0.591. The summed E-state index contributed by atoms with van der Waals surface area (Å²) in [5.74, 6) is 0. The van der Waals surface area contributed by atoms with Gasteiger partial charge in [0.15, 0.2) is 0 Å². The normalized spacial score (nSPS) is 19.0. The molecule has 0 fully saturated rings. The van der Waals surface area contributed by atoms with Gasteiger partial charge in [-0.25, -0.2) is 0 Å². The second-order valence-electron chi connectivity index (χ2n) is 6.40. The van der Waals surface area contributed by atoms with Crippen LogP contribution >= 0.6 is 0 Å². The second-order valence-corrected chi connectivity index (χ2v) is 6.40. The van der Waals surface area contributed by atoms with Gasteiger partial charge < -0.3 is 15.3 Å². The highest BCUT2D eigenvalue weighted by molar-refractivity contribution is 5.57. The molecule has 3 nitrogen and oxygen atoms in total. The molecule has 1 aromatic carbocycles. The maximum atomic E-state index is 9.93. The van der Waals surface area contributed by atoms with Gasteiger partial charge in [0.05, 0.1) is 5.60 Å². The van der Waals surface area contributed by atoms with Crippen molar-refractivity contribution in [3.05, 3.63) is 29.8 Å². The summed E-state index contributed by atoms with van der Waals surface area (Å²) >= 11 is 0. The fraction of sp³-hybridized carbons (Fsp3) is 0.647. The zero-order valence-corrected chi connectivity index (χ0v) is 13.0. The Kier molecular flexibility index (Phi) is 5.06. The maximum absolute atomic E-state index is 9.93. The monoisotopic (exact) mass is 276 g/mol. The van der Waals surface area contributed by atoms with Crippen molar-refractivity contribution in [1.29, 1.82) is 0 Å². The lowest BCUT2D eigenvalue weighted by Crippen LogP contribution is -2.38. The number of nitrogens with one attached hydrogen (secondary N) is 1. The van der Waals surface area contributed by atoms with Crippen LogP contribution in [0.1, 0.15) is 51.6 Å². The number of rotatable bonds is 6. The summed E-state index contributed by atoms with van der Waals surface area (Å²) in [5.41, 5.74) is 2.14. The molecule has 20 heavy (non-hydrogen) atoms. The summed E-state index contributed by atoms with van der Waals surface area (Å²) in [7, 11) is 0. The number of para-hydroxylation sites is 1. The standard InChI is InChI=1S/C17H28N2O/c1-4-11-18-15-9-12-19(13-10-17(2,3)20)16-8-6-5-7-14(15)16/h5-8,15,18,20H,4,9-13H2,1-3H3. The Morgan fingerprint density at radius 1 is 1.35 bits per heavy atom. The van der Waals surface area contributed by atoms with E-state index in [0.717, 1.165) is 32.5 Å². The molecule has 1 aliphatic heterocycles. The third-order valence-corrected chi connectivity index (χ3v) is 3.97. The van der Waals surface area contributed by atoms with Crippen molar-refractivity contribution in [2.24, 2.45) is 0 Å². The van der Waals surface area contributed by atoms with Crippen LogP contribution in [-0.2, 0) is 0 Å².